The Hall–Kier alpha value is -0.650. The Bertz CT molecular complexity index is 407. The Kier molecular flexibility index (Phi) is 3.54. The molecule has 2 unspecified atom stereocenters. The first-order valence-corrected chi connectivity index (χ1v) is 7.68. The van der Waals surface area contributed by atoms with Crippen LogP contribution in [0.3, 0.4) is 0 Å². The van der Waals surface area contributed by atoms with Gasteiger partial charge in [0.2, 0.25) is 0 Å². The van der Waals surface area contributed by atoms with Crippen LogP contribution < -0.4 is 4.90 Å². The van der Waals surface area contributed by atoms with Crippen LogP contribution in [0.2, 0.25) is 0 Å². The Morgan fingerprint density at radius 2 is 2.28 bits per heavy atom. The summed E-state index contributed by atoms with van der Waals surface area (Å²) >= 11 is 1.63. The summed E-state index contributed by atoms with van der Waals surface area (Å²) < 4.78 is 0. The first-order valence-electron chi connectivity index (χ1n) is 6.87. The summed E-state index contributed by atoms with van der Waals surface area (Å²) in [5.41, 5.74) is 0. The summed E-state index contributed by atoms with van der Waals surface area (Å²) in [4.78, 5) is 10.5. The fraction of sp³-hybridized carbons (Fsp3) is 0.769. The van der Waals surface area contributed by atoms with E-state index in [0.29, 0.717) is 6.04 Å². The number of fused-ring (bicyclic) bond motifs is 1. The minimum absolute atomic E-state index is 0.396. The molecule has 2 aliphatic rings. The number of anilines is 1. The zero-order valence-electron chi connectivity index (χ0n) is 10.9. The van der Waals surface area contributed by atoms with Crippen molar-refractivity contribution in [1.29, 1.82) is 0 Å². The van der Waals surface area contributed by atoms with Crippen molar-refractivity contribution in [3.05, 3.63) is 11.1 Å². The van der Waals surface area contributed by atoms with Gasteiger partial charge in [0.1, 0.15) is 0 Å². The Balaban J connectivity index is 1.69. The maximum atomic E-state index is 9.57. The number of aromatic nitrogens is 1. The van der Waals surface area contributed by atoms with Crippen LogP contribution in [0.15, 0.2) is 6.20 Å². The molecule has 0 aromatic carbocycles. The largest absolute Gasteiger partial charge is 0.388 e. The molecule has 0 spiro atoms. The fourth-order valence-corrected chi connectivity index (χ4v) is 3.83. The molecule has 1 aromatic heterocycles. The standard InChI is InChI=1S/C13H21N3OS/c1-10(17)12-8-14-13(18-12)16-7-6-15-5-3-2-4-11(15)9-16/h8,10-11,17H,2-7,9H2,1H3. The highest BCUT2D eigenvalue weighted by molar-refractivity contribution is 7.15. The minimum atomic E-state index is -0.396. The molecule has 1 aromatic rings. The number of hydrogen-bond acceptors (Lipinski definition) is 5. The van der Waals surface area contributed by atoms with E-state index in [-0.39, 0.29) is 0 Å². The summed E-state index contributed by atoms with van der Waals surface area (Å²) in [6.07, 6.45) is 5.47. The van der Waals surface area contributed by atoms with Crippen molar-refractivity contribution in [1.82, 2.24) is 9.88 Å². The molecule has 0 aliphatic carbocycles. The Labute approximate surface area is 112 Å². The molecule has 0 saturated carbocycles. The third-order valence-electron chi connectivity index (χ3n) is 4.03. The van der Waals surface area contributed by atoms with Crippen LogP contribution in [0.25, 0.3) is 0 Å². The van der Waals surface area contributed by atoms with Crippen LogP contribution in [0, 0.1) is 0 Å². The summed E-state index contributed by atoms with van der Waals surface area (Å²) in [5, 5.41) is 10.6. The van der Waals surface area contributed by atoms with Gasteiger partial charge in [0.25, 0.3) is 0 Å². The van der Waals surface area contributed by atoms with Crippen LogP contribution >= 0.6 is 11.3 Å². The van der Waals surface area contributed by atoms with E-state index in [0.717, 1.165) is 29.6 Å². The smallest absolute Gasteiger partial charge is 0.185 e. The lowest BCUT2D eigenvalue weighted by molar-refractivity contribution is 0.133. The van der Waals surface area contributed by atoms with Gasteiger partial charge >= 0.3 is 0 Å². The first kappa shape index (κ1) is 12.4. The van der Waals surface area contributed by atoms with Gasteiger partial charge in [0, 0.05) is 31.9 Å². The summed E-state index contributed by atoms with van der Waals surface area (Å²) in [6, 6.07) is 0.714. The molecule has 0 amide bonds. The van der Waals surface area contributed by atoms with Crippen molar-refractivity contribution in [2.45, 2.75) is 38.3 Å². The van der Waals surface area contributed by atoms with E-state index < -0.39 is 6.10 Å². The van der Waals surface area contributed by atoms with Gasteiger partial charge in [0.05, 0.1) is 11.0 Å². The molecular formula is C13H21N3OS. The molecule has 2 saturated heterocycles. The van der Waals surface area contributed by atoms with Gasteiger partial charge in [0.15, 0.2) is 5.13 Å². The lowest BCUT2D eigenvalue weighted by Gasteiger charge is -2.44. The van der Waals surface area contributed by atoms with E-state index in [4.69, 9.17) is 0 Å². The summed E-state index contributed by atoms with van der Waals surface area (Å²) in [7, 11) is 0. The van der Waals surface area contributed by atoms with Gasteiger partial charge < -0.3 is 10.0 Å². The normalized spacial score (nSPS) is 27.0. The molecule has 3 heterocycles. The molecule has 0 bridgehead atoms. The second-order valence-corrected chi connectivity index (χ2v) is 6.39. The molecule has 2 atom stereocenters. The second kappa shape index (κ2) is 5.15. The third kappa shape index (κ3) is 2.39. The van der Waals surface area contributed by atoms with Crippen molar-refractivity contribution in [3.8, 4) is 0 Å². The molecular weight excluding hydrogens is 246 g/mol. The van der Waals surface area contributed by atoms with Gasteiger partial charge in [-0.2, -0.15) is 0 Å². The zero-order valence-corrected chi connectivity index (χ0v) is 11.7. The monoisotopic (exact) mass is 267 g/mol. The van der Waals surface area contributed by atoms with Crippen LogP contribution in [0.1, 0.15) is 37.2 Å². The molecule has 100 valence electrons. The van der Waals surface area contributed by atoms with Crippen molar-refractivity contribution in [2.24, 2.45) is 0 Å². The number of rotatable bonds is 2. The molecule has 2 aliphatic heterocycles. The number of thiazole rings is 1. The molecule has 3 rings (SSSR count). The van der Waals surface area contributed by atoms with E-state index in [1.807, 2.05) is 6.20 Å². The predicted molar refractivity (Wildman–Crippen MR) is 74.2 cm³/mol. The SMILES string of the molecule is CC(O)c1cnc(N2CCN3CCCCC3C2)s1. The minimum Gasteiger partial charge on any atom is -0.388 e. The van der Waals surface area contributed by atoms with Gasteiger partial charge in [-0.15, -0.1) is 0 Å². The third-order valence-corrected chi connectivity index (χ3v) is 5.26. The molecule has 18 heavy (non-hydrogen) atoms. The van der Waals surface area contributed by atoms with Crippen molar-refractivity contribution >= 4 is 16.5 Å². The molecule has 0 radical (unpaired) electrons. The lowest BCUT2D eigenvalue weighted by Crippen LogP contribution is -2.54. The van der Waals surface area contributed by atoms with Gasteiger partial charge in [-0.1, -0.05) is 17.8 Å². The van der Waals surface area contributed by atoms with E-state index in [1.54, 1.807) is 18.3 Å². The Morgan fingerprint density at radius 1 is 1.39 bits per heavy atom. The van der Waals surface area contributed by atoms with Crippen molar-refractivity contribution in [2.75, 3.05) is 31.1 Å². The number of nitrogens with zero attached hydrogens (tertiary/aromatic N) is 3. The van der Waals surface area contributed by atoms with E-state index in [1.165, 1.54) is 25.8 Å². The van der Waals surface area contributed by atoms with E-state index in [9.17, 15) is 5.11 Å². The number of hydrogen-bond donors (Lipinski definition) is 1. The van der Waals surface area contributed by atoms with Gasteiger partial charge in [-0.3, -0.25) is 4.90 Å². The number of aliphatic hydroxyl groups excluding tert-OH is 1. The highest BCUT2D eigenvalue weighted by Crippen LogP contribution is 2.30. The number of aliphatic hydroxyl groups is 1. The average molecular weight is 267 g/mol. The predicted octanol–water partition coefficient (Wildman–Crippen LogP) is 1.87. The quantitative estimate of drug-likeness (QED) is 0.888. The maximum absolute atomic E-state index is 9.57. The number of piperazine rings is 1. The molecule has 5 heteroatoms. The highest BCUT2D eigenvalue weighted by atomic mass is 32.1. The van der Waals surface area contributed by atoms with Gasteiger partial charge in [-0.05, 0) is 26.3 Å². The second-order valence-electron chi connectivity index (χ2n) is 5.35. The summed E-state index contributed by atoms with van der Waals surface area (Å²) in [6.45, 7) is 6.41. The first-order chi connectivity index (χ1) is 8.74. The highest BCUT2D eigenvalue weighted by Gasteiger charge is 2.30. The van der Waals surface area contributed by atoms with Crippen LogP contribution in [0.4, 0.5) is 5.13 Å². The van der Waals surface area contributed by atoms with Crippen LogP contribution in [0.5, 0.6) is 0 Å². The average Bonchev–Trinajstić information content (AvgIpc) is 2.88. The van der Waals surface area contributed by atoms with Crippen molar-refractivity contribution < 1.29 is 5.11 Å². The fourth-order valence-electron chi connectivity index (χ4n) is 2.95. The lowest BCUT2D eigenvalue weighted by atomic mass is 10.00. The topological polar surface area (TPSA) is 39.6 Å². The molecule has 1 N–H and O–H groups in total. The zero-order chi connectivity index (χ0) is 12.5. The maximum Gasteiger partial charge on any atom is 0.185 e. The van der Waals surface area contributed by atoms with Crippen LogP contribution in [-0.4, -0.2) is 47.2 Å². The molecule has 4 nitrogen and oxygen atoms in total. The summed E-state index contributed by atoms with van der Waals surface area (Å²) in [5.74, 6) is 0. The van der Waals surface area contributed by atoms with E-state index in [2.05, 4.69) is 14.8 Å². The Morgan fingerprint density at radius 3 is 3.06 bits per heavy atom. The van der Waals surface area contributed by atoms with Crippen molar-refractivity contribution in [3.63, 3.8) is 0 Å². The van der Waals surface area contributed by atoms with Crippen LogP contribution in [-0.2, 0) is 0 Å². The van der Waals surface area contributed by atoms with E-state index >= 15 is 0 Å². The number of piperidine rings is 1. The molecule has 2 fully saturated rings. The van der Waals surface area contributed by atoms with Gasteiger partial charge in [-0.25, -0.2) is 4.98 Å².